The van der Waals surface area contributed by atoms with E-state index < -0.39 is 22.0 Å². The average Bonchev–Trinajstić information content (AvgIpc) is 2.35. The van der Waals surface area contributed by atoms with Gasteiger partial charge in [-0.3, -0.25) is 4.79 Å². The summed E-state index contributed by atoms with van der Waals surface area (Å²) in [5.41, 5.74) is 0.778. The molecule has 1 rings (SSSR count). The monoisotopic (exact) mass is 285 g/mol. The van der Waals surface area contributed by atoms with E-state index in [9.17, 15) is 18.0 Å². The first-order valence-corrected chi connectivity index (χ1v) is 7.43. The van der Waals surface area contributed by atoms with E-state index in [0.29, 0.717) is 6.29 Å². The number of sulfonamides is 1. The van der Waals surface area contributed by atoms with Crippen LogP contribution in [0.2, 0.25) is 0 Å². The second-order valence-corrected chi connectivity index (χ2v) is 5.72. The molecule has 0 spiro atoms. The van der Waals surface area contributed by atoms with Crippen molar-refractivity contribution in [3.8, 4) is 0 Å². The van der Waals surface area contributed by atoms with Gasteiger partial charge in [-0.1, -0.05) is 30.3 Å². The molecular weight excluding hydrogens is 270 g/mol. The molecule has 0 radical (unpaired) electrons. The maximum absolute atomic E-state index is 11.7. The lowest BCUT2D eigenvalue weighted by atomic mass is 10.2. The number of aldehydes is 1. The third kappa shape index (κ3) is 6.12. The lowest BCUT2D eigenvalue weighted by Crippen LogP contribution is -2.41. The van der Waals surface area contributed by atoms with Gasteiger partial charge in [0.05, 0.1) is 6.26 Å². The summed E-state index contributed by atoms with van der Waals surface area (Å²) >= 11 is 0. The number of nitrogens with one attached hydrogen (secondary N) is 1. The van der Waals surface area contributed by atoms with Crippen molar-refractivity contribution in [1.82, 2.24) is 4.72 Å². The van der Waals surface area contributed by atoms with Gasteiger partial charge >= 0.3 is 5.97 Å². The van der Waals surface area contributed by atoms with Crippen molar-refractivity contribution < 1.29 is 22.7 Å². The first-order valence-electron chi connectivity index (χ1n) is 5.54. The molecule has 0 heterocycles. The molecule has 1 aromatic rings. The van der Waals surface area contributed by atoms with E-state index >= 15 is 0 Å². The number of carbonyl (C=O) groups excluding carboxylic acids is 2. The van der Waals surface area contributed by atoms with E-state index in [2.05, 4.69) is 4.72 Å². The first-order chi connectivity index (χ1) is 8.92. The van der Waals surface area contributed by atoms with Crippen molar-refractivity contribution in [3.05, 3.63) is 35.9 Å². The van der Waals surface area contributed by atoms with E-state index in [1.165, 1.54) is 0 Å². The van der Waals surface area contributed by atoms with Gasteiger partial charge < -0.3 is 9.53 Å². The molecular formula is C12H15NO5S. The highest BCUT2D eigenvalue weighted by molar-refractivity contribution is 7.88. The minimum absolute atomic E-state index is 0.0282. The molecule has 0 bridgehead atoms. The van der Waals surface area contributed by atoms with Gasteiger partial charge in [0, 0.05) is 6.42 Å². The van der Waals surface area contributed by atoms with Crippen LogP contribution in [0.3, 0.4) is 0 Å². The van der Waals surface area contributed by atoms with Crippen LogP contribution in [-0.2, 0) is 31.0 Å². The van der Waals surface area contributed by atoms with Crippen molar-refractivity contribution in [3.63, 3.8) is 0 Å². The maximum Gasteiger partial charge on any atom is 0.324 e. The highest BCUT2D eigenvalue weighted by atomic mass is 32.2. The number of rotatable bonds is 7. The van der Waals surface area contributed by atoms with E-state index in [0.717, 1.165) is 11.8 Å². The van der Waals surface area contributed by atoms with Gasteiger partial charge in [-0.2, -0.15) is 0 Å². The Balaban J connectivity index is 2.60. The topological polar surface area (TPSA) is 89.5 Å². The summed E-state index contributed by atoms with van der Waals surface area (Å²) in [6.45, 7) is 0.0282. The molecule has 0 aliphatic carbocycles. The highest BCUT2D eigenvalue weighted by Crippen LogP contribution is 2.03. The van der Waals surface area contributed by atoms with Crippen LogP contribution in [0.1, 0.15) is 12.0 Å². The first kappa shape index (κ1) is 15.3. The summed E-state index contributed by atoms with van der Waals surface area (Å²) in [6.07, 6.45) is 1.11. The Hall–Kier alpha value is -1.73. The van der Waals surface area contributed by atoms with Crippen LogP contribution < -0.4 is 4.72 Å². The van der Waals surface area contributed by atoms with Crippen molar-refractivity contribution in [1.29, 1.82) is 0 Å². The van der Waals surface area contributed by atoms with Crippen LogP contribution in [0.25, 0.3) is 0 Å². The Morgan fingerprint density at radius 2 is 2.00 bits per heavy atom. The van der Waals surface area contributed by atoms with Gasteiger partial charge in [-0.05, 0) is 5.56 Å². The van der Waals surface area contributed by atoms with Crippen LogP contribution in [0.15, 0.2) is 30.3 Å². The lowest BCUT2D eigenvalue weighted by Gasteiger charge is -2.14. The number of carbonyl (C=O) groups is 2. The Kier molecular flexibility index (Phi) is 5.65. The standard InChI is InChI=1S/C12H15NO5S/c1-19(16,17)13-11(7-8-14)12(15)18-9-10-5-3-2-4-6-10/h2-6,8,11,13H,7,9H2,1H3. The zero-order chi connectivity index (χ0) is 14.3. The molecule has 6 nitrogen and oxygen atoms in total. The van der Waals surface area contributed by atoms with Crippen molar-refractivity contribution in [2.75, 3.05) is 6.26 Å². The molecule has 7 heteroatoms. The number of esters is 1. The summed E-state index contributed by atoms with van der Waals surface area (Å²) < 4.78 is 29.1. The molecule has 0 fully saturated rings. The summed E-state index contributed by atoms with van der Waals surface area (Å²) in [5, 5.41) is 0. The summed E-state index contributed by atoms with van der Waals surface area (Å²) in [4.78, 5) is 22.1. The second kappa shape index (κ2) is 7.01. The third-order valence-corrected chi connectivity index (χ3v) is 2.91. The molecule has 0 aliphatic heterocycles. The Morgan fingerprint density at radius 1 is 1.37 bits per heavy atom. The predicted molar refractivity (Wildman–Crippen MR) is 68.7 cm³/mol. The molecule has 0 aromatic heterocycles. The minimum atomic E-state index is -3.58. The Labute approximate surface area is 111 Å². The van der Waals surface area contributed by atoms with E-state index in [1.807, 2.05) is 6.07 Å². The molecule has 1 atom stereocenters. The third-order valence-electron chi connectivity index (χ3n) is 2.20. The van der Waals surface area contributed by atoms with Gasteiger partial charge in [-0.15, -0.1) is 0 Å². The molecule has 1 N–H and O–H groups in total. The van der Waals surface area contributed by atoms with Gasteiger partial charge in [0.15, 0.2) is 0 Å². The normalized spacial score (nSPS) is 12.7. The van der Waals surface area contributed by atoms with Crippen LogP contribution in [0, 0.1) is 0 Å². The smallest absolute Gasteiger partial charge is 0.324 e. The fourth-order valence-electron chi connectivity index (χ4n) is 1.38. The molecule has 0 amide bonds. The van der Waals surface area contributed by atoms with Crippen LogP contribution in [0.5, 0.6) is 0 Å². The zero-order valence-corrected chi connectivity index (χ0v) is 11.2. The van der Waals surface area contributed by atoms with Crippen molar-refractivity contribution >= 4 is 22.3 Å². The van der Waals surface area contributed by atoms with Crippen LogP contribution in [0.4, 0.5) is 0 Å². The van der Waals surface area contributed by atoms with Gasteiger partial charge in [0.1, 0.15) is 18.9 Å². The van der Waals surface area contributed by atoms with Gasteiger partial charge in [0.25, 0.3) is 0 Å². The zero-order valence-electron chi connectivity index (χ0n) is 10.4. The fraction of sp³-hybridized carbons (Fsp3) is 0.333. The van der Waals surface area contributed by atoms with Crippen LogP contribution in [-0.4, -0.2) is 33.0 Å². The van der Waals surface area contributed by atoms with E-state index in [1.54, 1.807) is 24.3 Å². The quantitative estimate of drug-likeness (QED) is 0.572. The number of hydrogen-bond acceptors (Lipinski definition) is 5. The molecule has 104 valence electrons. The molecule has 0 saturated heterocycles. The van der Waals surface area contributed by atoms with Crippen LogP contribution >= 0.6 is 0 Å². The summed E-state index contributed by atoms with van der Waals surface area (Å²) in [7, 11) is -3.58. The predicted octanol–water partition coefficient (Wildman–Crippen LogP) is 0.237. The molecule has 0 saturated carbocycles. The molecule has 1 aromatic carbocycles. The van der Waals surface area contributed by atoms with Crippen molar-refractivity contribution in [2.45, 2.75) is 19.1 Å². The fourth-order valence-corrected chi connectivity index (χ4v) is 2.09. The largest absolute Gasteiger partial charge is 0.460 e. The summed E-state index contributed by atoms with van der Waals surface area (Å²) in [5.74, 6) is -0.777. The molecule has 1 unspecified atom stereocenters. The Morgan fingerprint density at radius 3 is 2.53 bits per heavy atom. The maximum atomic E-state index is 11.7. The lowest BCUT2D eigenvalue weighted by molar-refractivity contribution is -0.147. The number of ether oxygens (including phenoxy) is 1. The second-order valence-electron chi connectivity index (χ2n) is 3.94. The van der Waals surface area contributed by atoms with Gasteiger partial charge in [0.2, 0.25) is 10.0 Å². The number of benzene rings is 1. The average molecular weight is 285 g/mol. The highest BCUT2D eigenvalue weighted by Gasteiger charge is 2.23. The van der Waals surface area contributed by atoms with Crippen molar-refractivity contribution in [2.24, 2.45) is 0 Å². The van der Waals surface area contributed by atoms with E-state index in [4.69, 9.17) is 4.74 Å². The number of hydrogen-bond donors (Lipinski definition) is 1. The SMILES string of the molecule is CS(=O)(=O)NC(CC=O)C(=O)OCc1ccccc1. The summed E-state index contributed by atoms with van der Waals surface area (Å²) in [6, 6.07) is 7.77. The minimum Gasteiger partial charge on any atom is -0.460 e. The molecule has 0 aliphatic rings. The molecule has 19 heavy (non-hydrogen) atoms. The van der Waals surface area contributed by atoms with E-state index in [-0.39, 0.29) is 13.0 Å². The Bertz CT molecular complexity index is 526. The van der Waals surface area contributed by atoms with Gasteiger partial charge in [-0.25, -0.2) is 13.1 Å².